The van der Waals surface area contributed by atoms with Crippen LogP contribution in [0, 0.1) is 17.0 Å². The highest BCUT2D eigenvalue weighted by atomic mass is 32.2. The lowest BCUT2D eigenvalue weighted by Crippen LogP contribution is -2.35. The van der Waals surface area contributed by atoms with Gasteiger partial charge in [-0.3, -0.25) is 4.79 Å². The van der Waals surface area contributed by atoms with E-state index in [1.807, 2.05) is 25.7 Å². The topological polar surface area (TPSA) is 20.3 Å². The minimum atomic E-state index is -0.415. The molecule has 1 aromatic rings. The monoisotopic (exact) mass is 327 g/mol. The van der Waals surface area contributed by atoms with E-state index in [0.29, 0.717) is 31.5 Å². The molecule has 2 nitrogen and oxygen atoms in total. The fourth-order valence-corrected chi connectivity index (χ4v) is 3.84. The van der Waals surface area contributed by atoms with Gasteiger partial charge in [-0.25, -0.2) is 8.78 Å². The summed E-state index contributed by atoms with van der Waals surface area (Å²) in [5, 5.41) is -0.0943. The third kappa shape index (κ3) is 4.70. The van der Waals surface area contributed by atoms with Crippen LogP contribution in [0.4, 0.5) is 8.78 Å². The first-order chi connectivity index (χ1) is 10.3. The first-order valence-corrected chi connectivity index (χ1v) is 8.65. The van der Waals surface area contributed by atoms with E-state index in [-0.39, 0.29) is 22.4 Å². The molecule has 0 radical (unpaired) electrons. The summed E-state index contributed by atoms with van der Waals surface area (Å²) in [6, 6.07) is 3.59. The van der Waals surface area contributed by atoms with E-state index in [1.54, 1.807) is 11.8 Å². The third-order valence-corrected chi connectivity index (χ3v) is 4.99. The maximum Gasteiger partial charge on any atom is 0.223 e. The Hall–Kier alpha value is -1.10. The number of carbonyl (C=O) groups is 1. The van der Waals surface area contributed by atoms with Crippen molar-refractivity contribution in [2.75, 3.05) is 18.8 Å². The molecule has 2 rings (SSSR count). The summed E-state index contributed by atoms with van der Waals surface area (Å²) in [5.41, 5.74) is 0.375. The first kappa shape index (κ1) is 17.3. The molecule has 22 heavy (non-hydrogen) atoms. The Balaban J connectivity index is 2.03. The van der Waals surface area contributed by atoms with Crippen LogP contribution in [0.15, 0.2) is 18.2 Å². The van der Waals surface area contributed by atoms with Crippen LogP contribution in [-0.4, -0.2) is 29.6 Å². The Morgan fingerprint density at radius 2 is 2.05 bits per heavy atom. The molecule has 0 bridgehead atoms. The lowest BCUT2D eigenvalue weighted by molar-refractivity contribution is -0.132. The summed E-state index contributed by atoms with van der Waals surface area (Å²) >= 11 is 1.60. The maximum absolute atomic E-state index is 13.9. The molecule has 1 aromatic carbocycles. The highest BCUT2D eigenvalue weighted by Gasteiger charge is 2.26. The number of nitrogens with zero attached hydrogens (tertiary/aromatic N) is 1. The lowest BCUT2D eigenvalue weighted by Gasteiger charge is -2.25. The first-order valence-electron chi connectivity index (χ1n) is 7.60. The molecule has 1 aliphatic heterocycles. The summed E-state index contributed by atoms with van der Waals surface area (Å²) in [6.07, 6.45) is 1.16. The summed E-state index contributed by atoms with van der Waals surface area (Å²) in [6.45, 7) is 7.41. The Morgan fingerprint density at radius 1 is 1.32 bits per heavy atom. The van der Waals surface area contributed by atoms with Crippen molar-refractivity contribution in [3.63, 3.8) is 0 Å². The van der Waals surface area contributed by atoms with Crippen LogP contribution in [0.5, 0.6) is 0 Å². The fourth-order valence-electron chi connectivity index (χ4n) is 2.59. The number of rotatable bonds is 2. The molecule has 0 N–H and O–H groups in total. The van der Waals surface area contributed by atoms with Gasteiger partial charge in [0, 0.05) is 36.1 Å². The predicted octanol–water partition coefficient (Wildman–Crippen LogP) is 4.41. The minimum Gasteiger partial charge on any atom is -0.342 e. The van der Waals surface area contributed by atoms with Crippen LogP contribution in [0.25, 0.3) is 0 Å². The van der Waals surface area contributed by atoms with Gasteiger partial charge in [0.1, 0.15) is 11.6 Å². The Morgan fingerprint density at radius 3 is 2.73 bits per heavy atom. The van der Waals surface area contributed by atoms with Gasteiger partial charge in [0.15, 0.2) is 0 Å². The van der Waals surface area contributed by atoms with Crippen molar-refractivity contribution in [1.82, 2.24) is 4.90 Å². The molecule has 0 aromatic heterocycles. The normalized spacial score (nSPS) is 19.9. The molecule has 1 aliphatic rings. The molecule has 1 saturated heterocycles. The van der Waals surface area contributed by atoms with Crippen molar-refractivity contribution in [3.8, 4) is 0 Å². The van der Waals surface area contributed by atoms with Crippen molar-refractivity contribution in [1.29, 1.82) is 0 Å². The van der Waals surface area contributed by atoms with E-state index < -0.39 is 5.82 Å². The smallest absolute Gasteiger partial charge is 0.223 e. The van der Waals surface area contributed by atoms with Crippen molar-refractivity contribution in [2.45, 2.75) is 38.9 Å². The highest BCUT2D eigenvalue weighted by molar-refractivity contribution is 7.99. The second-order valence-corrected chi connectivity index (χ2v) is 8.24. The largest absolute Gasteiger partial charge is 0.342 e. The number of hydrogen-bond acceptors (Lipinski definition) is 2. The molecule has 1 unspecified atom stereocenters. The molecule has 0 saturated carbocycles. The highest BCUT2D eigenvalue weighted by Crippen LogP contribution is 2.36. The van der Waals surface area contributed by atoms with Crippen LogP contribution >= 0.6 is 11.8 Å². The van der Waals surface area contributed by atoms with E-state index in [1.165, 1.54) is 12.1 Å². The average molecular weight is 327 g/mol. The molecule has 5 heteroatoms. The summed E-state index contributed by atoms with van der Waals surface area (Å²) in [4.78, 5) is 14.2. The molecular weight excluding hydrogens is 304 g/mol. The molecule has 0 spiro atoms. The van der Waals surface area contributed by atoms with Crippen molar-refractivity contribution in [3.05, 3.63) is 35.4 Å². The minimum absolute atomic E-state index is 0.0371. The fraction of sp³-hybridized carbons (Fsp3) is 0.588. The van der Waals surface area contributed by atoms with Gasteiger partial charge in [0.05, 0.1) is 0 Å². The summed E-state index contributed by atoms with van der Waals surface area (Å²) < 4.78 is 27.3. The Labute approximate surface area is 135 Å². The third-order valence-electron chi connectivity index (χ3n) is 3.68. The predicted molar refractivity (Wildman–Crippen MR) is 86.8 cm³/mol. The zero-order valence-corrected chi connectivity index (χ0v) is 14.2. The molecule has 0 aliphatic carbocycles. The van der Waals surface area contributed by atoms with E-state index in [0.717, 1.165) is 11.8 Å². The van der Waals surface area contributed by atoms with E-state index in [2.05, 4.69) is 0 Å². The second-order valence-electron chi connectivity index (χ2n) is 6.93. The number of thioether (sulfide) groups is 1. The van der Waals surface area contributed by atoms with E-state index in [4.69, 9.17) is 0 Å². The number of amides is 1. The van der Waals surface area contributed by atoms with Gasteiger partial charge in [-0.1, -0.05) is 20.8 Å². The van der Waals surface area contributed by atoms with Gasteiger partial charge in [-0.15, -0.1) is 0 Å². The Kier molecular flexibility index (Phi) is 5.48. The maximum atomic E-state index is 13.9. The zero-order chi connectivity index (χ0) is 16.3. The zero-order valence-electron chi connectivity index (χ0n) is 13.4. The summed E-state index contributed by atoms with van der Waals surface area (Å²) in [7, 11) is 0. The van der Waals surface area contributed by atoms with Gasteiger partial charge < -0.3 is 4.90 Å². The van der Waals surface area contributed by atoms with Crippen LogP contribution in [0.3, 0.4) is 0 Å². The number of benzene rings is 1. The van der Waals surface area contributed by atoms with Crippen molar-refractivity contribution in [2.24, 2.45) is 5.41 Å². The van der Waals surface area contributed by atoms with Gasteiger partial charge in [0.2, 0.25) is 5.91 Å². The van der Waals surface area contributed by atoms with Gasteiger partial charge >= 0.3 is 0 Å². The standard InChI is InChI=1S/C17H23F2NOS/c1-17(2,3)11-16(21)20-7-6-15(22-9-8-20)13-10-12(18)4-5-14(13)19/h4-5,10,15H,6-9,11H2,1-3H3. The van der Waals surface area contributed by atoms with Crippen LogP contribution < -0.4 is 0 Å². The van der Waals surface area contributed by atoms with Gasteiger partial charge in [0.25, 0.3) is 0 Å². The van der Waals surface area contributed by atoms with Gasteiger partial charge in [-0.05, 0) is 30.0 Å². The number of carbonyl (C=O) groups excluding carboxylic acids is 1. The average Bonchev–Trinajstić information content (AvgIpc) is 2.65. The second kappa shape index (κ2) is 6.99. The molecule has 1 amide bonds. The van der Waals surface area contributed by atoms with Crippen LogP contribution in [-0.2, 0) is 4.79 Å². The quantitative estimate of drug-likeness (QED) is 0.802. The van der Waals surface area contributed by atoms with Crippen LogP contribution in [0.1, 0.15) is 44.4 Å². The van der Waals surface area contributed by atoms with Gasteiger partial charge in [-0.2, -0.15) is 11.8 Å². The van der Waals surface area contributed by atoms with Crippen LogP contribution in [0.2, 0.25) is 0 Å². The van der Waals surface area contributed by atoms with E-state index in [9.17, 15) is 13.6 Å². The molecule has 1 heterocycles. The SMILES string of the molecule is CC(C)(C)CC(=O)N1CCSC(c2cc(F)ccc2F)CC1. The van der Waals surface area contributed by atoms with E-state index >= 15 is 0 Å². The van der Waals surface area contributed by atoms with Crippen molar-refractivity contribution >= 4 is 17.7 Å². The summed E-state index contributed by atoms with van der Waals surface area (Å²) in [5.74, 6) is 0.111. The molecule has 1 fully saturated rings. The van der Waals surface area contributed by atoms with Crippen molar-refractivity contribution < 1.29 is 13.6 Å². The number of hydrogen-bond donors (Lipinski definition) is 0. The Bertz CT molecular complexity index is 542. The number of halogens is 2. The molecular formula is C17H23F2NOS. The molecule has 122 valence electrons. The lowest BCUT2D eigenvalue weighted by atomic mass is 9.91. The molecule has 1 atom stereocenters.